The molecule has 262 valence electrons. The fourth-order valence-corrected chi connectivity index (χ4v) is 6.05. The van der Waals surface area contributed by atoms with Crippen LogP contribution in [0.5, 0.6) is 11.5 Å². The van der Waals surface area contributed by atoms with Gasteiger partial charge in [-0.25, -0.2) is 9.97 Å². The van der Waals surface area contributed by atoms with E-state index in [1.165, 1.54) is 84.2 Å². The molecule has 18 nitrogen and oxygen atoms in total. The highest BCUT2D eigenvalue weighted by Gasteiger charge is 2.14. The Balaban J connectivity index is 0.962. The third-order valence-corrected chi connectivity index (χ3v) is 8.95. The number of azo groups is 2. The van der Waals surface area contributed by atoms with Gasteiger partial charge in [0.2, 0.25) is 10.3 Å². The monoisotopic (exact) mass is 738 g/mol. The first-order valence-corrected chi connectivity index (χ1v) is 17.3. The second kappa shape index (κ2) is 16.4. The highest BCUT2D eigenvalue weighted by molar-refractivity contribution is 7.99. The molecule has 0 saturated heterocycles. The summed E-state index contributed by atoms with van der Waals surface area (Å²) in [5, 5.41) is 74.3. The molecule has 52 heavy (non-hydrogen) atoms. The van der Waals surface area contributed by atoms with E-state index in [1.807, 2.05) is 0 Å². The molecule has 2 aromatic heterocycles. The van der Waals surface area contributed by atoms with Gasteiger partial charge in [-0.2, -0.15) is 20.5 Å². The molecule has 0 aliphatic heterocycles. The highest BCUT2D eigenvalue weighted by atomic mass is 32.2. The molecule has 6 rings (SSSR count). The summed E-state index contributed by atoms with van der Waals surface area (Å²) in [4.78, 5) is 29.7. The number of benzene rings is 4. The Hall–Kier alpha value is -6.54. The van der Waals surface area contributed by atoms with E-state index in [0.717, 1.165) is 24.3 Å². The molecule has 0 amide bonds. The first-order valence-electron chi connectivity index (χ1n) is 15.3. The molecule has 0 aliphatic carbocycles. The van der Waals surface area contributed by atoms with Crippen molar-refractivity contribution < 1.29 is 20.1 Å². The molecule has 0 radical (unpaired) electrons. The lowest BCUT2D eigenvalue weighted by atomic mass is 10.1. The number of unbranched alkanes of at least 4 members (excludes halogenated alkanes) is 1. The zero-order valence-electron chi connectivity index (χ0n) is 26.7. The number of H-pyrrole nitrogens is 2. The predicted molar refractivity (Wildman–Crippen MR) is 192 cm³/mol. The van der Waals surface area contributed by atoms with E-state index in [2.05, 4.69) is 50.8 Å². The van der Waals surface area contributed by atoms with Gasteiger partial charge < -0.3 is 10.2 Å². The molecule has 0 atom stereocenters. The number of nitro benzene ring substituents is 2. The molecule has 0 aliphatic rings. The summed E-state index contributed by atoms with van der Waals surface area (Å²) < 4.78 is 0. The number of nitrogens with one attached hydrogen (secondary N) is 2. The largest absolute Gasteiger partial charge is 0.507 e. The summed E-state index contributed by atoms with van der Waals surface area (Å²) in [6, 6.07) is 20.7. The van der Waals surface area contributed by atoms with Crippen molar-refractivity contribution in [1.29, 1.82) is 0 Å². The van der Waals surface area contributed by atoms with Crippen LogP contribution in [0.2, 0.25) is 0 Å². The zero-order chi connectivity index (χ0) is 36.5. The Morgan fingerprint density at radius 3 is 1.33 bits per heavy atom. The zero-order valence-corrected chi connectivity index (χ0v) is 28.4. The molecule has 0 bridgehead atoms. The number of hydrogen-bond acceptors (Lipinski definition) is 16. The van der Waals surface area contributed by atoms with Gasteiger partial charge in [-0.05, 0) is 73.5 Å². The fraction of sp³-hybridized carbons (Fsp3) is 0.125. The lowest BCUT2D eigenvalue weighted by Gasteiger charge is -2.02. The molecule has 0 spiro atoms. The third kappa shape index (κ3) is 9.17. The van der Waals surface area contributed by atoms with Gasteiger partial charge in [-0.1, -0.05) is 23.5 Å². The first-order chi connectivity index (χ1) is 25.2. The number of nitrogens with zero attached hydrogens (tertiary/aromatic N) is 10. The van der Waals surface area contributed by atoms with Crippen LogP contribution in [0, 0.1) is 20.2 Å². The van der Waals surface area contributed by atoms with Gasteiger partial charge in [0.15, 0.2) is 11.6 Å². The van der Waals surface area contributed by atoms with Crippen LogP contribution in [0.4, 0.5) is 34.1 Å². The molecule has 4 aromatic carbocycles. The molecular weight excluding hydrogens is 713 g/mol. The van der Waals surface area contributed by atoms with Crippen molar-refractivity contribution in [3.8, 4) is 34.3 Å². The lowest BCUT2D eigenvalue weighted by molar-refractivity contribution is -0.385. The van der Waals surface area contributed by atoms with Crippen molar-refractivity contribution in [2.75, 3.05) is 11.5 Å². The second-order valence-electron chi connectivity index (χ2n) is 10.7. The normalized spacial score (nSPS) is 11.5. The molecule has 20 heteroatoms. The lowest BCUT2D eigenvalue weighted by Crippen LogP contribution is -1.87. The molecule has 4 N–H and O–H groups in total. The van der Waals surface area contributed by atoms with Crippen molar-refractivity contribution in [2.45, 2.75) is 23.2 Å². The maximum atomic E-state index is 10.8. The molecule has 0 saturated carbocycles. The van der Waals surface area contributed by atoms with Gasteiger partial charge in [0.05, 0.1) is 43.7 Å². The summed E-state index contributed by atoms with van der Waals surface area (Å²) in [6.07, 6.45) is 1.73. The van der Waals surface area contributed by atoms with E-state index in [9.17, 15) is 30.4 Å². The Morgan fingerprint density at radius 2 is 0.942 bits per heavy atom. The summed E-state index contributed by atoms with van der Waals surface area (Å²) in [5.74, 6) is 2.22. The summed E-state index contributed by atoms with van der Waals surface area (Å²) in [6.45, 7) is 0. The smallest absolute Gasteiger partial charge is 0.269 e. The Labute approximate surface area is 301 Å². The Kier molecular flexibility index (Phi) is 11.2. The summed E-state index contributed by atoms with van der Waals surface area (Å²) >= 11 is 2.94. The van der Waals surface area contributed by atoms with Crippen molar-refractivity contribution in [3.05, 3.63) is 105 Å². The fourth-order valence-electron chi connectivity index (χ4n) is 4.46. The minimum atomic E-state index is -0.491. The van der Waals surface area contributed by atoms with Crippen LogP contribution < -0.4 is 0 Å². The van der Waals surface area contributed by atoms with E-state index >= 15 is 0 Å². The van der Waals surface area contributed by atoms with Gasteiger partial charge in [0.1, 0.15) is 11.5 Å². The van der Waals surface area contributed by atoms with E-state index < -0.39 is 9.85 Å². The van der Waals surface area contributed by atoms with Gasteiger partial charge in [-0.3, -0.25) is 30.4 Å². The van der Waals surface area contributed by atoms with Gasteiger partial charge >= 0.3 is 0 Å². The average Bonchev–Trinajstić information content (AvgIpc) is 3.83. The number of aromatic hydroxyl groups is 2. The van der Waals surface area contributed by atoms with E-state index in [-0.39, 0.29) is 22.9 Å². The Bertz CT molecular complexity index is 2100. The Morgan fingerprint density at radius 1 is 0.577 bits per heavy atom. The minimum absolute atomic E-state index is 0.0118. The van der Waals surface area contributed by atoms with E-state index in [4.69, 9.17) is 0 Å². The van der Waals surface area contributed by atoms with Crippen LogP contribution in [-0.4, -0.2) is 61.9 Å². The number of non-ortho nitro benzene ring substituents is 2. The second-order valence-corrected chi connectivity index (χ2v) is 12.8. The van der Waals surface area contributed by atoms with Gasteiger partial charge in [0, 0.05) is 35.8 Å². The molecule has 6 aromatic rings. The first kappa shape index (κ1) is 35.3. The maximum absolute atomic E-state index is 10.8. The number of hydrogen-bond donors (Lipinski definition) is 4. The van der Waals surface area contributed by atoms with E-state index in [1.54, 1.807) is 24.3 Å². The number of phenols is 2. The summed E-state index contributed by atoms with van der Waals surface area (Å²) in [7, 11) is 0. The minimum Gasteiger partial charge on any atom is -0.507 e. The van der Waals surface area contributed by atoms with Gasteiger partial charge in [-0.15, -0.1) is 10.2 Å². The van der Waals surface area contributed by atoms with E-state index in [0.29, 0.717) is 55.8 Å². The van der Waals surface area contributed by atoms with Crippen molar-refractivity contribution >= 4 is 57.6 Å². The number of thioether (sulfide) groups is 2. The quantitative estimate of drug-likeness (QED) is 0.0253. The van der Waals surface area contributed by atoms with Crippen LogP contribution in [-0.2, 0) is 0 Å². The van der Waals surface area contributed by atoms with Crippen LogP contribution in [0.15, 0.2) is 116 Å². The highest BCUT2D eigenvalue weighted by Crippen LogP contribution is 2.34. The molecule has 0 fully saturated rings. The maximum Gasteiger partial charge on any atom is 0.269 e. The number of rotatable bonds is 15. The standard InChI is InChI=1S/C32H26N12O6S2/c45-27-13-7-21(37-35-19-3-9-23(10-4-19)43(47)48)17-25(27)29-33-31(41-39-29)51-15-1-2-16-52-32-34-30(40-42-32)26-18-22(8-14-28(26)46)38-36-20-5-11-24(12-6-20)44(49)50/h3-14,17-18,45-46H,1-2,15-16H2,(H,33,39,41)(H,34,40,42). The molecule has 0 unspecified atom stereocenters. The number of aromatic amines is 2. The number of nitro groups is 2. The predicted octanol–water partition coefficient (Wildman–Crippen LogP) is 8.98. The number of phenolic OH excluding ortho intramolecular Hbond substituents is 2. The van der Waals surface area contributed by atoms with Crippen LogP contribution >= 0.6 is 23.5 Å². The van der Waals surface area contributed by atoms with Crippen molar-refractivity contribution in [1.82, 2.24) is 30.4 Å². The van der Waals surface area contributed by atoms with Gasteiger partial charge in [0.25, 0.3) is 11.4 Å². The van der Waals surface area contributed by atoms with Crippen molar-refractivity contribution in [3.63, 3.8) is 0 Å². The molecule has 2 heterocycles. The average molecular weight is 739 g/mol. The van der Waals surface area contributed by atoms with Crippen LogP contribution in [0.3, 0.4) is 0 Å². The third-order valence-electron chi connectivity index (χ3n) is 7.08. The number of aromatic nitrogens is 6. The van der Waals surface area contributed by atoms with Crippen LogP contribution in [0.25, 0.3) is 22.8 Å². The van der Waals surface area contributed by atoms with Crippen LogP contribution in [0.1, 0.15) is 12.8 Å². The summed E-state index contributed by atoms with van der Waals surface area (Å²) in [5.41, 5.74) is 2.47. The SMILES string of the molecule is O=[N+]([O-])c1ccc(N=Nc2ccc(O)c(-c3nc(SCCCCSc4n[nH]c(-c5cc(N=Nc6ccc([N+](=O)[O-])cc6)ccc5O)n4)n[nH]3)c2)cc1. The van der Waals surface area contributed by atoms with Crippen molar-refractivity contribution in [2.24, 2.45) is 20.5 Å². The molecular formula is C32H26N12O6S2. The topological polar surface area (TPSA) is 259 Å².